The number of rotatable bonds is 7. The van der Waals surface area contributed by atoms with Gasteiger partial charge in [0.25, 0.3) is 0 Å². The van der Waals surface area contributed by atoms with Gasteiger partial charge in [0, 0.05) is 30.0 Å². The van der Waals surface area contributed by atoms with Crippen molar-refractivity contribution in [2.75, 3.05) is 18.6 Å². The zero-order valence-corrected chi connectivity index (χ0v) is 17.1. The third kappa shape index (κ3) is 3.05. The van der Waals surface area contributed by atoms with E-state index < -0.39 is 0 Å². The number of hydrogen-bond donors (Lipinski definition) is 0. The molecule has 1 atom stereocenters. The highest BCUT2D eigenvalue weighted by Gasteiger charge is 2.47. The fourth-order valence-electron chi connectivity index (χ4n) is 4.70. The van der Waals surface area contributed by atoms with Gasteiger partial charge in [-0.2, -0.15) is 0 Å². The van der Waals surface area contributed by atoms with Crippen molar-refractivity contribution in [2.45, 2.75) is 64.5 Å². The Morgan fingerprint density at radius 3 is 2.56 bits per heavy atom. The number of fused-ring (bicyclic) bond motifs is 3. The van der Waals surface area contributed by atoms with Crippen LogP contribution in [0.2, 0.25) is 0 Å². The van der Waals surface area contributed by atoms with Crippen LogP contribution in [0, 0.1) is 0 Å². The van der Waals surface area contributed by atoms with Gasteiger partial charge >= 0.3 is 5.97 Å². The van der Waals surface area contributed by atoms with E-state index in [1.165, 1.54) is 43.2 Å². The molecule has 0 N–H and O–H groups in total. The molecular weight excluding hydrogens is 336 g/mol. The summed E-state index contributed by atoms with van der Waals surface area (Å²) in [4.78, 5) is 16.9. The smallest absolute Gasteiger partial charge is 0.337 e. The Bertz CT molecular complexity index is 749. The van der Waals surface area contributed by atoms with Crippen LogP contribution in [0.1, 0.15) is 68.8 Å². The van der Waals surface area contributed by atoms with Crippen LogP contribution in [0.15, 0.2) is 42.8 Å². The molecule has 0 spiro atoms. The Hall–Kier alpha value is -2.23. The number of carbonyl (C=O) groups is 1. The maximum absolute atomic E-state index is 12.1. The first-order valence-electron chi connectivity index (χ1n) is 10.2. The molecule has 1 aromatic carbocycles. The summed E-state index contributed by atoms with van der Waals surface area (Å²) in [6.07, 6.45) is 10.1. The van der Waals surface area contributed by atoms with Crippen LogP contribution in [0.25, 0.3) is 0 Å². The summed E-state index contributed by atoms with van der Waals surface area (Å²) in [5.41, 5.74) is 4.07. The SMILES string of the molecule is C=C1C2N(CCCCC)C=CN2c2ccc(C(=O)OC)cc2C1(CC)CC. The first kappa shape index (κ1) is 19.5. The second-order valence-electron chi connectivity index (χ2n) is 7.56. The lowest BCUT2D eigenvalue weighted by Crippen LogP contribution is -2.51. The molecule has 0 aliphatic carbocycles. The van der Waals surface area contributed by atoms with Crippen LogP contribution >= 0.6 is 0 Å². The van der Waals surface area contributed by atoms with Crippen molar-refractivity contribution in [1.29, 1.82) is 0 Å². The van der Waals surface area contributed by atoms with Crippen LogP contribution < -0.4 is 4.90 Å². The predicted molar refractivity (Wildman–Crippen MR) is 111 cm³/mol. The van der Waals surface area contributed by atoms with Crippen molar-refractivity contribution in [3.05, 3.63) is 53.9 Å². The van der Waals surface area contributed by atoms with E-state index in [1.807, 2.05) is 12.1 Å². The molecule has 2 aliphatic heterocycles. The zero-order valence-electron chi connectivity index (χ0n) is 17.1. The van der Waals surface area contributed by atoms with Crippen molar-refractivity contribution in [2.24, 2.45) is 0 Å². The molecule has 1 unspecified atom stereocenters. The number of hydrogen-bond acceptors (Lipinski definition) is 4. The number of unbranched alkanes of at least 4 members (excludes halogenated alkanes) is 2. The first-order chi connectivity index (χ1) is 13.0. The highest BCUT2D eigenvalue weighted by molar-refractivity contribution is 5.91. The van der Waals surface area contributed by atoms with Gasteiger partial charge in [-0.3, -0.25) is 0 Å². The Morgan fingerprint density at radius 2 is 1.93 bits per heavy atom. The second kappa shape index (κ2) is 7.79. The normalized spacial score (nSPS) is 19.9. The van der Waals surface area contributed by atoms with E-state index in [2.05, 4.69) is 55.6 Å². The molecule has 4 heteroatoms. The molecule has 0 saturated heterocycles. The standard InChI is InChI=1S/C23H32N2O2/c1-6-9-10-13-24-14-15-25-20-12-11-18(22(26)27-5)16-19(20)23(7-2,8-3)17(4)21(24)25/h11-12,14-16,21H,4,6-10,13H2,1-3,5H3. The number of carbonyl (C=O) groups excluding carboxylic acids is 1. The molecule has 2 heterocycles. The van der Waals surface area contributed by atoms with Crippen molar-refractivity contribution >= 4 is 11.7 Å². The summed E-state index contributed by atoms with van der Waals surface area (Å²) < 4.78 is 4.95. The fourth-order valence-corrected chi connectivity index (χ4v) is 4.70. The highest BCUT2D eigenvalue weighted by atomic mass is 16.5. The Balaban J connectivity index is 2.06. The van der Waals surface area contributed by atoms with E-state index in [1.54, 1.807) is 0 Å². The maximum atomic E-state index is 12.1. The number of nitrogens with zero attached hydrogens (tertiary/aromatic N) is 2. The second-order valence-corrected chi connectivity index (χ2v) is 7.56. The molecule has 0 fully saturated rings. The molecule has 0 amide bonds. The molecule has 27 heavy (non-hydrogen) atoms. The average Bonchev–Trinajstić information content (AvgIpc) is 3.12. The summed E-state index contributed by atoms with van der Waals surface area (Å²) in [6, 6.07) is 5.96. The Labute approximate surface area is 163 Å². The summed E-state index contributed by atoms with van der Waals surface area (Å²) in [7, 11) is 1.43. The monoisotopic (exact) mass is 368 g/mol. The van der Waals surface area contributed by atoms with Gasteiger partial charge in [-0.05, 0) is 48.6 Å². The van der Waals surface area contributed by atoms with E-state index in [0.717, 1.165) is 19.4 Å². The minimum absolute atomic E-state index is 0.129. The van der Waals surface area contributed by atoms with E-state index in [0.29, 0.717) is 5.56 Å². The van der Waals surface area contributed by atoms with Crippen LogP contribution in [-0.2, 0) is 10.2 Å². The molecule has 0 saturated carbocycles. The van der Waals surface area contributed by atoms with Crippen molar-refractivity contribution in [3.63, 3.8) is 0 Å². The van der Waals surface area contributed by atoms with Crippen LogP contribution in [0.4, 0.5) is 5.69 Å². The number of methoxy groups -OCH3 is 1. The minimum atomic E-state index is -0.287. The summed E-state index contributed by atoms with van der Waals surface area (Å²) in [5.74, 6) is -0.287. The number of anilines is 1. The van der Waals surface area contributed by atoms with Crippen LogP contribution in [0.3, 0.4) is 0 Å². The lowest BCUT2D eigenvalue weighted by atomic mass is 9.66. The van der Waals surface area contributed by atoms with Gasteiger partial charge in [0.1, 0.15) is 6.17 Å². The Kier molecular flexibility index (Phi) is 5.64. The van der Waals surface area contributed by atoms with Gasteiger partial charge in [0.15, 0.2) is 0 Å². The first-order valence-corrected chi connectivity index (χ1v) is 10.2. The topological polar surface area (TPSA) is 32.8 Å². The van der Waals surface area contributed by atoms with Gasteiger partial charge in [-0.15, -0.1) is 0 Å². The number of benzene rings is 1. The molecule has 1 aromatic rings. The number of esters is 1. The quantitative estimate of drug-likeness (QED) is 0.376. The predicted octanol–water partition coefficient (Wildman–Crippen LogP) is 5.21. The highest BCUT2D eigenvalue weighted by Crippen LogP contribution is 2.51. The lowest BCUT2D eigenvalue weighted by Gasteiger charge is -2.49. The molecule has 0 aromatic heterocycles. The molecule has 0 radical (unpaired) electrons. The average molecular weight is 369 g/mol. The third-order valence-corrected chi connectivity index (χ3v) is 6.36. The maximum Gasteiger partial charge on any atom is 0.337 e. The largest absolute Gasteiger partial charge is 0.465 e. The molecular formula is C23H32N2O2. The van der Waals surface area contributed by atoms with E-state index in [9.17, 15) is 4.79 Å². The molecule has 2 aliphatic rings. The van der Waals surface area contributed by atoms with Crippen molar-refractivity contribution in [1.82, 2.24) is 4.90 Å². The third-order valence-electron chi connectivity index (χ3n) is 6.36. The Morgan fingerprint density at radius 1 is 1.19 bits per heavy atom. The van der Waals surface area contributed by atoms with E-state index in [4.69, 9.17) is 4.74 Å². The zero-order chi connectivity index (χ0) is 19.6. The minimum Gasteiger partial charge on any atom is -0.465 e. The van der Waals surface area contributed by atoms with Gasteiger partial charge < -0.3 is 14.5 Å². The van der Waals surface area contributed by atoms with Crippen LogP contribution in [-0.4, -0.2) is 30.7 Å². The summed E-state index contributed by atoms with van der Waals surface area (Å²) >= 11 is 0. The van der Waals surface area contributed by atoms with Gasteiger partial charge in [-0.1, -0.05) is 40.2 Å². The lowest BCUT2D eigenvalue weighted by molar-refractivity contribution is 0.0600. The molecule has 146 valence electrons. The van der Waals surface area contributed by atoms with Crippen molar-refractivity contribution in [3.8, 4) is 0 Å². The van der Waals surface area contributed by atoms with Crippen LogP contribution in [0.5, 0.6) is 0 Å². The summed E-state index contributed by atoms with van der Waals surface area (Å²) in [5, 5.41) is 0. The van der Waals surface area contributed by atoms with Gasteiger partial charge in [0.2, 0.25) is 0 Å². The van der Waals surface area contributed by atoms with Gasteiger partial charge in [0.05, 0.1) is 12.7 Å². The number of ether oxygens (including phenoxy) is 1. The molecule has 3 rings (SSSR count). The molecule has 0 bridgehead atoms. The van der Waals surface area contributed by atoms with E-state index in [-0.39, 0.29) is 17.6 Å². The molecule has 4 nitrogen and oxygen atoms in total. The fraction of sp³-hybridized carbons (Fsp3) is 0.522. The van der Waals surface area contributed by atoms with Crippen molar-refractivity contribution < 1.29 is 9.53 Å². The van der Waals surface area contributed by atoms with E-state index >= 15 is 0 Å². The summed E-state index contributed by atoms with van der Waals surface area (Å²) in [6.45, 7) is 12.3. The van der Waals surface area contributed by atoms with Gasteiger partial charge in [-0.25, -0.2) is 4.79 Å².